The zero-order valence-corrected chi connectivity index (χ0v) is 18.0. The van der Waals surface area contributed by atoms with E-state index in [9.17, 15) is 32.2 Å². The first kappa shape index (κ1) is 23.2. The summed E-state index contributed by atoms with van der Waals surface area (Å²) < 4.78 is 71.3. The number of alkyl halides is 3. The fraction of sp³-hybridized carbons (Fsp3) is 0.273. The first-order valence-electron chi connectivity index (χ1n) is 9.72. The van der Waals surface area contributed by atoms with E-state index in [1.165, 1.54) is 19.2 Å². The Bertz CT molecular complexity index is 1310. The summed E-state index contributed by atoms with van der Waals surface area (Å²) in [5.74, 6) is -2.61. The van der Waals surface area contributed by atoms with Crippen molar-refractivity contribution in [1.82, 2.24) is 9.97 Å². The molecule has 174 valence electrons. The van der Waals surface area contributed by atoms with Gasteiger partial charge in [0.1, 0.15) is 11.6 Å². The van der Waals surface area contributed by atoms with Crippen molar-refractivity contribution in [2.45, 2.75) is 38.1 Å². The molecule has 3 aromatic rings. The van der Waals surface area contributed by atoms with Crippen molar-refractivity contribution in [1.29, 1.82) is 0 Å². The molecule has 3 N–H and O–H groups in total. The largest absolute Gasteiger partial charge is 0.504 e. The van der Waals surface area contributed by atoms with Crippen LogP contribution in [-0.4, -0.2) is 32.0 Å². The van der Waals surface area contributed by atoms with Crippen LogP contribution in [0.25, 0.3) is 16.5 Å². The molecule has 11 heteroatoms. The minimum atomic E-state index is -5.16. The number of halogens is 6. The number of benzene rings is 2. The van der Waals surface area contributed by atoms with Crippen molar-refractivity contribution in [3.63, 3.8) is 0 Å². The molecule has 1 aliphatic rings. The molecule has 0 saturated carbocycles. The number of rotatable bonds is 2. The van der Waals surface area contributed by atoms with Crippen LogP contribution in [0.1, 0.15) is 36.3 Å². The summed E-state index contributed by atoms with van der Waals surface area (Å²) in [5.41, 5.74) is -4.06. The van der Waals surface area contributed by atoms with Crippen LogP contribution in [0.4, 0.5) is 27.6 Å². The van der Waals surface area contributed by atoms with Crippen LogP contribution in [0, 0.1) is 18.6 Å². The number of nitrogens with zero attached hydrogens (tertiary/aromatic N) is 2. The molecule has 0 saturated heterocycles. The Morgan fingerprint density at radius 1 is 1.24 bits per heavy atom. The van der Waals surface area contributed by atoms with Gasteiger partial charge in [0.15, 0.2) is 17.2 Å². The standard InChI is InChI=1S/C22H17ClF5N3O2/c1-3-10-7-21(33,22(26,27)28)20(12-6-14(23)18(25)19(32)17(10)12)31-16-5-11(24)4-15-13(16)8-29-9(2)30-15/h3-6,8,20,31-33H,7H2,1-2H3/t20-,21-/m0/s1. The Morgan fingerprint density at radius 3 is 2.58 bits per heavy atom. The number of anilines is 1. The Hall–Kier alpha value is -2.98. The van der Waals surface area contributed by atoms with Gasteiger partial charge in [-0.15, -0.1) is 0 Å². The number of hydrogen-bond donors (Lipinski definition) is 3. The molecule has 0 radical (unpaired) electrons. The maximum Gasteiger partial charge on any atom is 0.419 e. The first-order chi connectivity index (χ1) is 15.4. The lowest BCUT2D eigenvalue weighted by Crippen LogP contribution is -2.54. The van der Waals surface area contributed by atoms with E-state index in [4.69, 9.17) is 11.6 Å². The highest BCUT2D eigenvalue weighted by molar-refractivity contribution is 6.31. The van der Waals surface area contributed by atoms with Crippen molar-refractivity contribution in [3.05, 3.63) is 64.1 Å². The summed E-state index contributed by atoms with van der Waals surface area (Å²) in [4.78, 5) is 8.10. The molecule has 1 aliphatic carbocycles. The molecule has 0 spiro atoms. The summed E-state index contributed by atoms with van der Waals surface area (Å²) in [6.07, 6.45) is -3.60. The predicted octanol–water partition coefficient (Wildman–Crippen LogP) is 5.83. The summed E-state index contributed by atoms with van der Waals surface area (Å²) in [5, 5.41) is 23.4. The van der Waals surface area contributed by atoms with Crippen molar-refractivity contribution >= 4 is 33.8 Å². The number of hydrogen-bond acceptors (Lipinski definition) is 5. The van der Waals surface area contributed by atoms with Crippen molar-refractivity contribution in [3.8, 4) is 5.75 Å². The van der Waals surface area contributed by atoms with E-state index < -0.39 is 46.6 Å². The SMILES string of the molecule is CC=C1C[C@@](O)(C(F)(F)F)[C@@H](Nc2cc(F)cc3nc(C)ncc23)c2cc(Cl)c(F)c(O)c21. The third-order valence-electron chi connectivity index (χ3n) is 5.72. The van der Waals surface area contributed by atoms with Gasteiger partial charge in [0.25, 0.3) is 0 Å². The average molecular weight is 486 g/mol. The lowest BCUT2D eigenvalue weighted by molar-refractivity contribution is -0.265. The molecule has 33 heavy (non-hydrogen) atoms. The quantitative estimate of drug-likeness (QED) is 0.398. The van der Waals surface area contributed by atoms with Crippen LogP contribution in [0.5, 0.6) is 5.75 Å². The Labute approximate surface area is 189 Å². The molecule has 0 amide bonds. The van der Waals surface area contributed by atoms with Crippen LogP contribution in [0.15, 0.2) is 30.5 Å². The smallest absolute Gasteiger partial charge is 0.419 e. The molecule has 4 rings (SSSR count). The number of phenols is 1. The minimum Gasteiger partial charge on any atom is -0.504 e. The van der Waals surface area contributed by atoms with Gasteiger partial charge in [0.05, 0.1) is 16.6 Å². The number of aromatic hydroxyl groups is 1. The molecule has 1 aromatic heterocycles. The lowest BCUT2D eigenvalue weighted by atomic mass is 9.72. The summed E-state index contributed by atoms with van der Waals surface area (Å²) in [7, 11) is 0. The molecule has 0 fully saturated rings. The van der Waals surface area contributed by atoms with Gasteiger partial charge < -0.3 is 15.5 Å². The van der Waals surface area contributed by atoms with E-state index in [2.05, 4.69) is 15.3 Å². The van der Waals surface area contributed by atoms with Gasteiger partial charge in [0, 0.05) is 35.3 Å². The number of aliphatic hydroxyl groups is 1. The Morgan fingerprint density at radius 2 is 1.94 bits per heavy atom. The number of allylic oxidation sites excluding steroid dienone is 1. The van der Waals surface area contributed by atoms with Crippen LogP contribution in [0.3, 0.4) is 0 Å². The number of aromatic nitrogens is 2. The highest BCUT2D eigenvalue weighted by Crippen LogP contribution is 2.55. The molecule has 0 bridgehead atoms. The topological polar surface area (TPSA) is 78.3 Å². The predicted molar refractivity (Wildman–Crippen MR) is 113 cm³/mol. The van der Waals surface area contributed by atoms with Crippen molar-refractivity contribution in [2.24, 2.45) is 0 Å². The van der Waals surface area contributed by atoms with E-state index in [1.807, 2.05) is 0 Å². The number of fused-ring (bicyclic) bond motifs is 2. The second-order valence-electron chi connectivity index (χ2n) is 7.78. The van der Waals surface area contributed by atoms with Gasteiger partial charge in [-0.2, -0.15) is 13.2 Å². The van der Waals surface area contributed by atoms with Gasteiger partial charge in [-0.3, -0.25) is 0 Å². The minimum absolute atomic E-state index is 0.126. The Balaban J connectivity index is 2.01. The molecule has 0 unspecified atom stereocenters. The highest BCUT2D eigenvalue weighted by Gasteiger charge is 2.62. The molecular weight excluding hydrogens is 469 g/mol. The van der Waals surface area contributed by atoms with Crippen LogP contribution in [0.2, 0.25) is 5.02 Å². The van der Waals surface area contributed by atoms with Crippen molar-refractivity contribution in [2.75, 3.05) is 5.32 Å². The molecule has 2 atom stereocenters. The fourth-order valence-corrected chi connectivity index (χ4v) is 4.32. The van der Waals surface area contributed by atoms with Gasteiger partial charge in [0.2, 0.25) is 0 Å². The third-order valence-corrected chi connectivity index (χ3v) is 5.99. The van der Waals surface area contributed by atoms with Crippen LogP contribution >= 0.6 is 11.6 Å². The number of aryl methyl sites for hydroxylation is 1. The maximum atomic E-state index is 14.3. The van der Waals surface area contributed by atoms with E-state index in [0.29, 0.717) is 5.82 Å². The van der Waals surface area contributed by atoms with Crippen LogP contribution < -0.4 is 5.32 Å². The second kappa shape index (κ2) is 7.81. The monoisotopic (exact) mass is 485 g/mol. The van der Waals surface area contributed by atoms with Gasteiger partial charge in [-0.05, 0) is 37.1 Å². The van der Waals surface area contributed by atoms with E-state index in [-0.39, 0.29) is 33.3 Å². The van der Waals surface area contributed by atoms with Crippen molar-refractivity contribution < 1.29 is 32.2 Å². The molecule has 5 nitrogen and oxygen atoms in total. The average Bonchev–Trinajstić information content (AvgIpc) is 2.72. The second-order valence-corrected chi connectivity index (χ2v) is 8.19. The van der Waals surface area contributed by atoms with E-state index in [0.717, 1.165) is 18.2 Å². The fourth-order valence-electron chi connectivity index (χ4n) is 4.11. The number of phenolic OH excluding ortho intramolecular Hbond substituents is 1. The highest BCUT2D eigenvalue weighted by atomic mass is 35.5. The molecular formula is C22H17ClF5N3O2. The van der Waals surface area contributed by atoms with Gasteiger partial charge >= 0.3 is 6.18 Å². The summed E-state index contributed by atoms with van der Waals surface area (Å²) in [6.45, 7) is 2.96. The lowest BCUT2D eigenvalue weighted by Gasteiger charge is -2.44. The molecule has 2 aromatic carbocycles. The zero-order chi connectivity index (χ0) is 24.3. The van der Waals surface area contributed by atoms with E-state index in [1.54, 1.807) is 6.92 Å². The van der Waals surface area contributed by atoms with Gasteiger partial charge in [-0.25, -0.2) is 18.7 Å². The summed E-state index contributed by atoms with van der Waals surface area (Å²) >= 11 is 5.83. The van der Waals surface area contributed by atoms with Crippen LogP contribution in [-0.2, 0) is 0 Å². The first-order valence-corrected chi connectivity index (χ1v) is 10.1. The Kier molecular flexibility index (Phi) is 5.49. The van der Waals surface area contributed by atoms with Gasteiger partial charge in [-0.1, -0.05) is 17.7 Å². The normalized spacial score (nSPS) is 22.0. The molecule has 0 aliphatic heterocycles. The molecule has 1 heterocycles. The zero-order valence-electron chi connectivity index (χ0n) is 17.2. The third kappa shape index (κ3) is 3.67. The maximum absolute atomic E-state index is 14.3. The van der Waals surface area contributed by atoms with E-state index >= 15 is 0 Å². The number of nitrogens with one attached hydrogen (secondary N) is 1. The summed E-state index contributed by atoms with van der Waals surface area (Å²) in [6, 6.07) is 0.959.